The first-order chi connectivity index (χ1) is 26.9. The monoisotopic (exact) mass is 771 g/mol. The lowest BCUT2D eigenvalue weighted by Crippen LogP contribution is -2.59. The normalized spacial score (nSPS) is 14.7. The van der Waals surface area contributed by atoms with Crippen molar-refractivity contribution in [2.45, 2.75) is 89.8 Å². The van der Waals surface area contributed by atoms with Gasteiger partial charge in [0.25, 0.3) is 11.8 Å². The summed E-state index contributed by atoms with van der Waals surface area (Å²) in [5.41, 5.74) is 8.36. The molecule has 1 aliphatic rings. The third-order valence-electron chi connectivity index (χ3n) is 8.68. The summed E-state index contributed by atoms with van der Waals surface area (Å²) in [5.74, 6) is -5.29. The van der Waals surface area contributed by atoms with Gasteiger partial charge in [0.2, 0.25) is 17.7 Å². The van der Waals surface area contributed by atoms with Crippen molar-refractivity contribution in [1.29, 1.82) is 0 Å². The van der Waals surface area contributed by atoms with Crippen molar-refractivity contribution in [1.82, 2.24) is 21.0 Å². The molecule has 0 saturated carbocycles. The molecule has 3 aromatic carbocycles. The minimum Gasteiger partial charge on any atom is -0.461 e. The van der Waals surface area contributed by atoms with Gasteiger partial charge in [-0.25, -0.2) is 4.79 Å². The summed E-state index contributed by atoms with van der Waals surface area (Å²) in [4.78, 5) is 96.3. The largest absolute Gasteiger partial charge is 0.461 e. The number of nitrogens with two attached hydrogens (primary N) is 1. The molecule has 1 saturated heterocycles. The molecule has 15 nitrogen and oxygen atoms in total. The lowest BCUT2D eigenvalue weighted by molar-refractivity contribution is -0.199. The first kappa shape index (κ1) is 42.8. The quantitative estimate of drug-likeness (QED) is 0.0912. The second-order valence-electron chi connectivity index (χ2n) is 13.8. The highest BCUT2D eigenvalue weighted by molar-refractivity contribution is 6.02. The molecule has 1 aliphatic heterocycles. The Kier molecular flexibility index (Phi) is 16.7. The van der Waals surface area contributed by atoms with Crippen LogP contribution >= 0.6 is 0 Å². The third-order valence-corrected chi connectivity index (χ3v) is 8.68. The number of benzene rings is 3. The van der Waals surface area contributed by atoms with Gasteiger partial charge < -0.3 is 36.0 Å². The maximum atomic E-state index is 13.9. The van der Waals surface area contributed by atoms with Crippen LogP contribution in [0.15, 0.2) is 91.0 Å². The number of rotatable bonds is 21. The predicted molar refractivity (Wildman–Crippen MR) is 202 cm³/mol. The van der Waals surface area contributed by atoms with E-state index >= 15 is 0 Å². The fourth-order valence-electron chi connectivity index (χ4n) is 5.65. The lowest BCUT2D eigenvalue weighted by Gasteiger charge is -2.26. The minimum absolute atomic E-state index is 0.0403. The van der Waals surface area contributed by atoms with E-state index in [9.17, 15) is 33.6 Å². The van der Waals surface area contributed by atoms with Gasteiger partial charge in [-0.05, 0) is 35.4 Å². The van der Waals surface area contributed by atoms with Gasteiger partial charge >= 0.3 is 11.9 Å². The second kappa shape index (κ2) is 21.8. The zero-order valence-corrected chi connectivity index (χ0v) is 31.5. The molecular weight excluding hydrogens is 722 g/mol. The van der Waals surface area contributed by atoms with Crippen molar-refractivity contribution in [2.24, 2.45) is 11.7 Å². The molecule has 0 spiro atoms. The van der Waals surface area contributed by atoms with Crippen molar-refractivity contribution >= 4 is 41.5 Å². The van der Waals surface area contributed by atoms with Crippen LogP contribution in [0.3, 0.4) is 0 Å². The van der Waals surface area contributed by atoms with Gasteiger partial charge in [-0.1, -0.05) is 105 Å². The fourth-order valence-corrected chi connectivity index (χ4v) is 5.65. The highest BCUT2D eigenvalue weighted by Crippen LogP contribution is 2.15. The Hall–Kier alpha value is -5.93. The van der Waals surface area contributed by atoms with Crippen LogP contribution < -0.4 is 21.7 Å². The Bertz CT molecular complexity index is 1780. The summed E-state index contributed by atoms with van der Waals surface area (Å²) in [5, 5.41) is 8.30. The molecule has 0 radical (unpaired) electrons. The first-order valence-electron chi connectivity index (χ1n) is 18.5. The molecular formula is C41H49N5O10. The maximum Gasteiger partial charge on any atom is 0.355 e. The number of esters is 1. The number of hydrogen-bond donors (Lipinski definition) is 4. The Morgan fingerprint density at radius 3 is 1.75 bits per heavy atom. The van der Waals surface area contributed by atoms with E-state index in [1.165, 1.54) is 0 Å². The van der Waals surface area contributed by atoms with Crippen molar-refractivity contribution in [2.75, 3.05) is 6.61 Å². The second-order valence-corrected chi connectivity index (χ2v) is 13.8. The van der Waals surface area contributed by atoms with Crippen LogP contribution in [-0.2, 0) is 67.5 Å². The number of amides is 5. The SMILES string of the molecule is CC(C)C[C@H](NC(=O)[C@H](N)CCC(=O)OCc1ccccc1)C(=O)N[C@H](COCc1ccccc1)C(=O)N[C@@H](Cc1ccccc1)C(=O)ON1C(=O)CCC1=O. The molecule has 3 aromatic rings. The molecule has 298 valence electrons. The Balaban J connectivity index is 1.45. The van der Waals surface area contributed by atoms with Crippen LogP contribution in [0.4, 0.5) is 0 Å². The summed E-state index contributed by atoms with van der Waals surface area (Å²) in [6.07, 6.45) is -0.304. The van der Waals surface area contributed by atoms with E-state index in [2.05, 4.69) is 16.0 Å². The number of ether oxygens (including phenoxy) is 2. The van der Waals surface area contributed by atoms with Crippen LogP contribution in [-0.4, -0.2) is 77.3 Å². The van der Waals surface area contributed by atoms with Crippen LogP contribution in [0.1, 0.15) is 62.6 Å². The van der Waals surface area contributed by atoms with E-state index in [4.69, 9.17) is 20.0 Å². The molecule has 4 rings (SSSR count). The lowest BCUT2D eigenvalue weighted by atomic mass is 10.0. The zero-order valence-electron chi connectivity index (χ0n) is 31.5. The molecule has 1 heterocycles. The molecule has 0 bridgehead atoms. The van der Waals surface area contributed by atoms with Crippen LogP contribution in [0.25, 0.3) is 0 Å². The summed E-state index contributed by atoms with van der Waals surface area (Å²) < 4.78 is 11.1. The molecule has 1 fully saturated rings. The average Bonchev–Trinajstić information content (AvgIpc) is 3.51. The number of nitrogens with one attached hydrogen (secondary N) is 3. The molecule has 0 aromatic heterocycles. The highest BCUT2D eigenvalue weighted by Gasteiger charge is 2.37. The number of nitrogens with zero attached hydrogens (tertiary/aromatic N) is 1. The van der Waals surface area contributed by atoms with Gasteiger partial charge in [0.1, 0.15) is 24.7 Å². The number of hydroxylamine groups is 2. The highest BCUT2D eigenvalue weighted by atomic mass is 16.7. The van der Waals surface area contributed by atoms with Gasteiger partial charge in [0.15, 0.2) is 0 Å². The number of hydrogen-bond acceptors (Lipinski definition) is 11. The van der Waals surface area contributed by atoms with E-state index in [1.807, 2.05) is 74.5 Å². The van der Waals surface area contributed by atoms with E-state index in [-0.39, 0.29) is 64.3 Å². The standard InChI is InChI=1S/C41H49N5O10/c1-27(2)22-32(43-38(50)31(42)18-21-37(49)55-25-30-16-10-5-11-17-30)39(51)45-34(26-54-24-29-14-8-4-9-15-29)40(52)44-33(23-28-12-6-3-7-13-28)41(53)56-46-35(47)19-20-36(46)48/h3-17,27,31-34H,18-26,42H2,1-2H3,(H,43,50)(H,44,52)(H,45,51)/t31-,32+,33+,34-/m1/s1. The van der Waals surface area contributed by atoms with Gasteiger partial charge in [-0.2, -0.15) is 0 Å². The predicted octanol–water partition coefficient (Wildman–Crippen LogP) is 2.40. The Labute approximate surface area is 325 Å². The fraction of sp³-hybridized carbons (Fsp3) is 0.390. The Morgan fingerprint density at radius 1 is 0.679 bits per heavy atom. The first-order valence-corrected chi connectivity index (χ1v) is 18.5. The molecule has 4 atom stereocenters. The molecule has 56 heavy (non-hydrogen) atoms. The zero-order chi connectivity index (χ0) is 40.5. The summed E-state index contributed by atoms with van der Waals surface area (Å²) in [7, 11) is 0. The van der Waals surface area contributed by atoms with Crippen LogP contribution in [0.5, 0.6) is 0 Å². The maximum absolute atomic E-state index is 13.9. The van der Waals surface area contributed by atoms with E-state index in [1.54, 1.807) is 30.3 Å². The molecule has 5 N–H and O–H groups in total. The van der Waals surface area contributed by atoms with Crippen molar-refractivity contribution < 1.29 is 47.9 Å². The minimum atomic E-state index is -1.39. The summed E-state index contributed by atoms with van der Waals surface area (Å²) >= 11 is 0. The topological polar surface area (TPSA) is 213 Å². The summed E-state index contributed by atoms with van der Waals surface area (Å²) in [6, 6.07) is 21.9. The number of imide groups is 1. The van der Waals surface area contributed by atoms with Gasteiger partial charge in [-0.15, -0.1) is 5.06 Å². The van der Waals surface area contributed by atoms with E-state index < -0.39 is 65.6 Å². The molecule has 0 aliphatic carbocycles. The smallest absolute Gasteiger partial charge is 0.355 e. The molecule has 5 amide bonds. The number of carbonyl (C=O) groups excluding carboxylic acids is 7. The molecule has 0 unspecified atom stereocenters. The van der Waals surface area contributed by atoms with Gasteiger partial charge in [0, 0.05) is 25.7 Å². The molecule has 15 heteroatoms. The van der Waals surface area contributed by atoms with Gasteiger partial charge in [-0.3, -0.25) is 28.8 Å². The van der Waals surface area contributed by atoms with Crippen molar-refractivity contribution in [3.05, 3.63) is 108 Å². The average molecular weight is 772 g/mol. The van der Waals surface area contributed by atoms with Crippen LogP contribution in [0.2, 0.25) is 0 Å². The van der Waals surface area contributed by atoms with Crippen molar-refractivity contribution in [3.63, 3.8) is 0 Å². The van der Waals surface area contributed by atoms with E-state index in [0.717, 1.165) is 11.1 Å². The Morgan fingerprint density at radius 2 is 1.18 bits per heavy atom. The van der Waals surface area contributed by atoms with Gasteiger partial charge in [0.05, 0.1) is 19.3 Å². The third kappa shape index (κ3) is 14.0. The number of carbonyl (C=O) groups is 7. The summed E-state index contributed by atoms with van der Waals surface area (Å²) in [6.45, 7) is 3.52. The van der Waals surface area contributed by atoms with Crippen molar-refractivity contribution in [3.8, 4) is 0 Å². The van der Waals surface area contributed by atoms with E-state index in [0.29, 0.717) is 10.6 Å². The van der Waals surface area contributed by atoms with Crippen LogP contribution in [0, 0.1) is 5.92 Å².